The molecule has 0 heterocycles. The number of hydrogen-bond acceptors (Lipinski definition) is 4. The normalized spacial score (nSPS) is 11.9. The first kappa shape index (κ1) is 15.8. The zero-order valence-electron chi connectivity index (χ0n) is 12.5. The number of phenols is 2. The van der Waals surface area contributed by atoms with Gasteiger partial charge in [0.25, 0.3) is 0 Å². The maximum Gasteiger partial charge on any atom is 0.115 e. The molecule has 0 fully saturated rings. The first-order valence-electron chi connectivity index (χ1n) is 7.25. The van der Waals surface area contributed by atoms with Gasteiger partial charge in [0.05, 0.1) is 6.54 Å². The van der Waals surface area contributed by atoms with Crippen LogP contribution < -0.4 is 0 Å². The molecule has 0 atom stereocenters. The Bertz CT molecular complexity index is 658. The van der Waals surface area contributed by atoms with Crippen molar-refractivity contribution in [3.05, 3.63) is 64.6 Å². The van der Waals surface area contributed by atoms with E-state index in [0.29, 0.717) is 6.42 Å². The number of aromatic hydroxyl groups is 2. The van der Waals surface area contributed by atoms with Crippen LogP contribution in [0, 0.1) is 4.91 Å². The highest BCUT2D eigenvalue weighted by Crippen LogP contribution is 2.32. The highest BCUT2D eigenvalue weighted by atomic mass is 16.3. The van der Waals surface area contributed by atoms with Crippen molar-refractivity contribution < 1.29 is 10.2 Å². The highest BCUT2D eigenvalue weighted by Gasteiger charge is 2.11. The Morgan fingerprint density at radius 3 is 1.73 bits per heavy atom. The third kappa shape index (κ3) is 3.73. The Morgan fingerprint density at radius 1 is 0.864 bits per heavy atom. The van der Waals surface area contributed by atoms with Gasteiger partial charge in [-0.3, -0.25) is 0 Å². The van der Waals surface area contributed by atoms with Crippen molar-refractivity contribution in [3.63, 3.8) is 0 Å². The summed E-state index contributed by atoms with van der Waals surface area (Å²) in [5.74, 6) is 0.430. The van der Waals surface area contributed by atoms with Crippen LogP contribution in [0.5, 0.6) is 11.5 Å². The van der Waals surface area contributed by atoms with E-state index < -0.39 is 0 Å². The average molecular weight is 297 g/mol. The third-order valence-corrected chi connectivity index (χ3v) is 3.60. The van der Waals surface area contributed by atoms with E-state index in [1.165, 1.54) is 0 Å². The molecule has 0 aliphatic carbocycles. The second-order valence-electron chi connectivity index (χ2n) is 5.01. The number of nitrogens with zero attached hydrogens (tertiary/aromatic N) is 1. The number of allylic oxidation sites excluding steroid dienone is 1. The van der Waals surface area contributed by atoms with Crippen LogP contribution in [0.4, 0.5) is 0 Å². The van der Waals surface area contributed by atoms with Crippen molar-refractivity contribution in [3.8, 4) is 11.5 Å². The van der Waals surface area contributed by atoms with Crippen LogP contribution >= 0.6 is 0 Å². The fraction of sp³-hybridized carbons (Fsp3) is 0.222. The van der Waals surface area contributed by atoms with Crippen LogP contribution in [0.25, 0.3) is 11.1 Å². The molecule has 0 amide bonds. The molecular weight excluding hydrogens is 278 g/mol. The molecule has 0 spiro atoms. The lowest BCUT2D eigenvalue weighted by Crippen LogP contribution is -1.94. The van der Waals surface area contributed by atoms with E-state index in [2.05, 4.69) is 12.1 Å². The number of nitroso groups, excluding NO2 is 1. The van der Waals surface area contributed by atoms with Crippen LogP contribution in [-0.4, -0.2) is 16.8 Å². The molecular formula is C18H19NO3. The topological polar surface area (TPSA) is 69.9 Å². The molecule has 2 N–H and O–H groups in total. The fourth-order valence-corrected chi connectivity index (χ4v) is 2.54. The SMILES string of the molecule is CCC(=C(CCN=O)c1ccc(O)cc1)c1ccc(O)cc1. The summed E-state index contributed by atoms with van der Waals surface area (Å²) >= 11 is 0. The molecule has 0 aromatic heterocycles. The molecule has 2 rings (SSSR count). The number of hydrogen-bond donors (Lipinski definition) is 2. The van der Waals surface area contributed by atoms with Gasteiger partial charge in [0.15, 0.2) is 0 Å². The number of phenolic OH excluding ortho intramolecular Hbond substituents is 2. The van der Waals surface area contributed by atoms with Crippen LogP contribution in [0.1, 0.15) is 30.9 Å². The van der Waals surface area contributed by atoms with Crippen LogP contribution in [0.2, 0.25) is 0 Å². The van der Waals surface area contributed by atoms with E-state index in [1.54, 1.807) is 24.3 Å². The Kier molecular flexibility index (Phi) is 5.31. The summed E-state index contributed by atoms with van der Waals surface area (Å²) in [5.41, 5.74) is 4.11. The molecule has 0 saturated heterocycles. The van der Waals surface area contributed by atoms with Crippen molar-refractivity contribution in [1.82, 2.24) is 0 Å². The van der Waals surface area contributed by atoms with E-state index in [-0.39, 0.29) is 18.0 Å². The van der Waals surface area contributed by atoms with Crippen LogP contribution in [0.15, 0.2) is 53.7 Å². The zero-order valence-corrected chi connectivity index (χ0v) is 12.5. The molecule has 0 aliphatic heterocycles. The molecule has 0 unspecified atom stereocenters. The lowest BCUT2D eigenvalue weighted by atomic mass is 9.91. The molecule has 4 nitrogen and oxygen atoms in total. The summed E-state index contributed by atoms with van der Waals surface area (Å²) in [4.78, 5) is 10.5. The van der Waals surface area contributed by atoms with Gasteiger partial charge in [-0.15, -0.1) is 0 Å². The van der Waals surface area contributed by atoms with Crippen LogP contribution in [-0.2, 0) is 0 Å². The number of rotatable bonds is 6. The van der Waals surface area contributed by atoms with Gasteiger partial charge in [-0.05, 0) is 59.4 Å². The molecule has 2 aromatic rings. The van der Waals surface area contributed by atoms with Crippen molar-refractivity contribution in [1.29, 1.82) is 0 Å². The second kappa shape index (κ2) is 7.41. The minimum absolute atomic E-state index is 0.206. The summed E-state index contributed by atoms with van der Waals surface area (Å²) in [6.45, 7) is 2.26. The molecule has 0 aliphatic rings. The highest BCUT2D eigenvalue weighted by molar-refractivity contribution is 5.91. The van der Waals surface area contributed by atoms with E-state index in [0.717, 1.165) is 28.7 Å². The minimum atomic E-state index is 0.206. The summed E-state index contributed by atoms with van der Waals surface area (Å²) in [6.07, 6.45) is 1.33. The third-order valence-electron chi connectivity index (χ3n) is 3.60. The summed E-state index contributed by atoms with van der Waals surface area (Å²) < 4.78 is 0. The van der Waals surface area contributed by atoms with E-state index in [4.69, 9.17) is 0 Å². The molecule has 2 aromatic carbocycles. The van der Waals surface area contributed by atoms with Crippen molar-refractivity contribution in [2.45, 2.75) is 19.8 Å². The minimum Gasteiger partial charge on any atom is -0.508 e. The summed E-state index contributed by atoms with van der Waals surface area (Å²) in [6, 6.07) is 14.0. The fourth-order valence-electron chi connectivity index (χ4n) is 2.54. The Morgan fingerprint density at radius 2 is 1.32 bits per heavy atom. The van der Waals surface area contributed by atoms with Gasteiger partial charge in [-0.25, -0.2) is 0 Å². The lowest BCUT2D eigenvalue weighted by Gasteiger charge is -2.15. The van der Waals surface area contributed by atoms with E-state index in [1.807, 2.05) is 24.3 Å². The van der Waals surface area contributed by atoms with Gasteiger partial charge >= 0.3 is 0 Å². The standard InChI is InChI=1S/C18H19NO3/c1-2-17(13-3-7-15(20)8-4-13)18(11-12-19-22)14-5-9-16(21)10-6-14/h3-10,20-21H,2,11-12H2,1H3. The largest absolute Gasteiger partial charge is 0.508 e. The monoisotopic (exact) mass is 297 g/mol. The average Bonchev–Trinajstić information content (AvgIpc) is 2.54. The van der Waals surface area contributed by atoms with Crippen molar-refractivity contribution in [2.24, 2.45) is 5.18 Å². The van der Waals surface area contributed by atoms with Crippen LogP contribution in [0.3, 0.4) is 0 Å². The first-order chi connectivity index (χ1) is 10.7. The quantitative estimate of drug-likeness (QED) is 0.606. The number of benzene rings is 2. The van der Waals surface area contributed by atoms with Crippen molar-refractivity contribution >= 4 is 11.1 Å². The smallest absolute Gasteiger partial charge is 0.115 e. The molecule has 4 heteroatoms. The van der Waals surface area contributed by atoms with Gasteiger partial charge in [-0.1, -0.05) is 36.4 Å². The molecule has 22 heavy (non-hydrogen) atoms. The Balaban J connectivity index is 2.53. The summed E-state index contributed by atoms with van der Waals surface area (Å²) in [7, 11) is 0. The Labute approximate surface area is 129 Å². The Hall–Kier alpha value is -2.62. The zero-order chi connectivity index (χ0) is 15.9. The van der Waals surface area contributed by atoms with Gasteiger partial charge in [0, 0.05) is 0 Å². The van der Waals surface area contributed by atoms with Crippen molar-refractivity contribution in [2.75, 3.05) is 6.54 Å². The van der Waals surface area contributed by atoms with Gasteiger partial charge in [0.1, 0.15) is 11.5 Å². The predicted molar refractivity (Wildman–Crippen MR) is 88.6 cm³/mol. The summed E-state index contributed by atoms with van der Waals surface area (Å²) in [5, 5.41) is 21.9. The molecule has 0 radical (unpaired) electrons. The second-order valence-corrected chi connectivity index (χ2v) is 5.01. The maximum atomic E-state index is 10.5. The predicted octanol–water partition coefficient (Wildman–Crippen LogP) is 4.58. The van der Waals surface area contributed by atoms with Gasteiger partial charge in [0.2, 0.25) is 0 Å². The molecule has 114 valence electrons. The van der Waals surface area contributed by atoms with Gasteiger partial charge in [-0.2, -0.15) is 4.91 Å². The lowest BCUT2D eigenvalue weighted by molar-refractivity contribution is 0.474. The maximum absolute atomic E-state index is 10.5. The van der Waals surface area contributed by atoms with E-state index in [9.17, 15) is 15.1 Å². The van der Waals surface area contributed by atoms with E-state index >= 15 is 0 Å². The van der Waals surface area contributed by atoms with Gasteiger partial charge < -0.3 is 10.2 Å². The first-order valence-corrected chi connectivity index (χ1v) is 7.25. The molecule has 0 saturated carbocycles. The molecule has 0 bridgehead atoms.